The molecule has 0 bridgehead atoms. The second kappa shape index (κ2) is 7.04. The van der Waals surface area contributed by atoms with Gasteiger partial charge in [-0.1, -0.05) is 25.7 Å². The summed E-state index contributed by atoms with van der Waals surface area (Å²) in [5, 5.41) is 3.67. The monoisotopic (exact) mass is 288 g/mol. The quantitative estimate of drug-likeness (QED) is 0.805. The number of nitrogens with zero attached hydrogens (tertiary/aromatic N) is 1. The van der Waals surface area contributed by atoms with Crippen LogP contribution < -0.4 is 5.32 Å². The minimum absolute atomic E-state index is 0.515. The Morgan fingerprint density at radius 2 is 1.58 bits per heavy atom. The Balaban J connectivity index is 1.68. The lowest BCUT2D eigenvalue weighted by molar-refractivity contribution is 0.276. The summed E-state index contributed by atoms with van der Waals surface area (Å²) < 4.78 is 24.5. The molecule has 0 unspecified atom stereocenters. The van der Waals surface area contributed by atoms with Gasteiger partial charge in [-0.05, 0) is 38.1 Å². The van der Waals surface area contributed by atoms with Crippen LogP contribution in [0.4, 0.5) is 0 Å². The van der Waals surface area contributed by atoms with Crippen molar-refractivity contribution in [3.05, 3.63) is 0 Å². The van der Waals surface area contributed by atoms with Crippen molar-refractivity contribution in [1.29, 1.82) is 0 Å². The second-order valence-electron chi connectivity index (χ2n) is 6.20. The zero-order valence-electron chi connectivity index (χ0n) is 12.1. The van der Waals surface area contributed by atoms with Crippen molar-refractivity contribution < 1.29 is 8.42 Å². The predicted octanol–water partition coefficient (Wildman–Crippen LogP) is 1.97. The molecule has 112 valence electrons. The first-order valence-corrected chi connectivity index (χ1v) is 9.59. The lowest BCUT2D eigenvalue weighted by Crippen LogP contribution is -2.45. The molecule has 0 amide bonds. The molecular weight excluding hydrogens is 260 g/mol. The van der Waals surface area contributed by atoms with Gasteiger partial charge in [0.1, 0.15) is 0 Å². The van der Waals surface area contributed by atoms with E-state index < -0.39 is 10.0 Å². The summed E-state index contributed by atoms with van der Waals surface area (Å²) in [6, 6.07) is 0.515. The normalized spacial score (nSPS) is 25.3. The van der Waals surface area contributed by atoms with Crippen LogP contribution in [0.2, 0.25) is 0 Å². The fourth-order valence-electron chi connectivity index (χ4n) is 3.29. The van der Waals surface area contributed by atoms with Gasteiger partial charge in [-0.15, -0.1) is 0 Å². The molecule has 0 radical (unpaired) electrons. The standard InChI is InChI=1S/C14H28N2O2S/c1-19(17,18)16-10-8-14(9-11-16)15-12-13-6-4-2-3-5-7-13/h13-15H,2-12H2,1H3. The molecule has 0 spiro atoms. The van der Waals surface area contributed by atoms with E-state index >= 15 is 0 Å². The van der Waals surface area contributed by atoms with E-state index in [1.54, 1.807) is 4.31 Å². The third-order valence-corrected chi connectivity index (χ3v) is 5.90. The summed E-state index contributed by atoms with van der Waals surface area (Å²) in [7, 11) is -2.98. The van der Waals surface area contributed by atoms with Crippen LogP contribution in [0, 0.1) is 5.92 Å². The zero-order valence-corrected chi connectivity index (χ0v) is 12.9. The van der Waals surface area contributed by atoms with Gasteiger partial charge in [0.15, 0.2) is 0 Å². The molecule has 0 aromatic rings. The molecule has 1 N–H and O–H groups in total. The van der Waals surface area contributed by atoms with Crippen molar-refractivity contribution in [1.82, 2.24) is 9.62 Å². The SMILES string of the molecule is CS(=O)(=O)N1CCC(NCC2CCCCCC2)CC1. The molecule has 1 heterocycles. The molecule has 1 saturated heterocycles. The molecule has 0 aromatic heterocycles. The van der Waals surface area contributed by atoms with Crippen molar-refractivity contribution >= 4 is 10.0 Å². The third kappa shape index (κ3) is 5.04. The Kier molecular flexibility index (Phi) is 5.66. The number of rotatable bonds is 4. The number of sulfonamides is 1. The Hall–Kier alpha value is -0.130. The summed E-state index contributed by atoms with van der Waals surface area (Å²) in [6.07, 6.45) is 11.6. The van der Waals surface area contributed by atoms with Crippen LogP contribution in [0.15, 0.2) is 0 Å². The van der Waals surface area contributed by atoms with Crippen LogP contribution in [0.5, 0.6) is 0 Å². The van der Waals surface area contributed by atoms with Crippen molar-refractivity contribution in [2.75, 3.05) is 25.9 Å². The lowest BCUT2D eigenvalue weighted by atomic mass is 9.99. The molecule has 1 saturated carbocycles. The first kappa shape index (κ1) is 15.3. The molecule has 19 heavy (non-hydrogen) atoms. The number of nitrogens with one attached hydrogen (secondary N) is 1. The molecule has 2 rings (SSSR count). The first-order valence-electron chi connectivity index (χ1n) is 7.74. The van der Waals surface area contributed by atoms with Gasteiger partial charge in [0.2, 0.25) is 10.0 Å². The first-order chi connectivity index (χ1) is 9.05. The number of piperidine rings is 1. The van der Waals surface area contributed by atoms with Gasteiger partial charge in [0, 0.05) is 19.1 Å². The van der Waals surface area contributed by atoms with Gasteiger partial charge in [0.25, 0.3) is 0 Å². The van der Waals surface area contributed by atoms with Crippen LogP contribution in [0.25, 0.3) is 0 Å². The summed E-state index contributed by atoms with van der Waals surface area (Å²) >= 11 is 0. The van der Waals surface area contributed by atoms with Crippen LogP contribution in [0.3, 0.4) is 0 Å². The highest BCUT2D eigenvalue weighted by atomic mass is 32.2. The van der Waals surface area contributed by atoms with E-state index in [0.29, 0.717) is 19.1 Å². The highest BCUT2D eigenvalue weighted by molar-refractivity contribution is 7.88. The Morgan fingerprint density at radius 1 is 1.00 bits per heavy atom. The second-order valence-corrected chi connectivity index (χ2v) is 8.18. The summed E-state index contributed by atoms with van der Waals surface area (Å²) in [5.41, 5.74) is 0. The molecule has 1 aliphatic carbocycles. The maximum absolute atomic E-state index is 11.4. The van der Waals surface area contributed by atoms with E-state index in [-0.39, 0.29) is 0 Å². The van der Waals surface area contributed by atoms with Gasteiger partial charge in [0.05, 0.1) is 6.26 Å². The lowest BCUT2D eigenvalue weighted by Gasteiger charge is -2.31. The molecule has 5 heteroatoms. The molecule has 1 aliphatic heterocycles. The highest BCUT2D eigenvalue weighted by Gasteiger charge is 2.25. The maximum Gasteiger partial charge on any atom is 0.211 e. The molecule has 2 aliphatic rings. The summed E-state index contributed by atoms with van der Waals surface area (Å²) in [4.78, 5) is 0. The van der Waals surface area contributed by atoms with E-state index in [0.717, 1.165) is 25.3 Å². The van der Waals surface area contributed by atoms with E-state index in [4.69, 9.17) is 0 Å². The smallest absolute Gasteiger partial charge is 0.211 e. The van der Waals surface area contributed by atoms with Gasteiger partial charge in [-0.3, -0.25) is 0 Å². The van der Waals surface area contributed by atoms with Gasteiger partial charge in [-0.2, -0.15) is 0 Å². The summed E-state index contributed by atoms with van der Waals surface area (Å²) in [6.45, 7) is 2.49. The van der Waals surface area contributed by atoms with Crippen molar-refractivity contribution in [3.63, 3.8) is 0 Å². The number of hydrogen-bond acceptors (Lipinski definition) is 3. The van der Waals surface area contributed by atoms with Gasteiger partial charge in [-0.25, -0.2) is 12.7 Å². The van der Waals surface area contributed by atoms with Crippen molar-refractivity contribution in [3.8, 4) is 0 Å². The highest BCUT2D eigenvalue weighted by Crippen LogP contribution is 2.22. The van der Waals surface area contributed by atoms with Crippen LogP contribution in [-0.4, -0.2) is 44.7 Å². The van der Waals surface area contributed by atoms with Crippen LogP contribution in [-0.2, 0) is 10.0 Å². The minimum atomic E-state index is -2.98. The Bertz CT molecular complexity index is 354. The van der Waals surface area contributed by atoms with E-state index in [1.807, 2.05) is 0 Å². The van der Waals surface area contributed by atoms with E-state index in [2.05, 4.69) is 5.32 Å². The topological polar surface area (TPSA) is 49.4 Å². The van der Waals surface area contributed by atoms with Crippen LogP contribution in [0.1, 0.15) is 51.4 Å². The predicted molar refractivity (Wildman–Crippen MR) is 78.6 cm³/mol. The zero-order chi connectivity index (χ0) is 13.7. The largest absolute Gasteiger partial charge is 0.314 e. The fraction of sp³-hybridized carbons (Fsp3) is 1.00. The molecule has 2 fully saturated rings. The van der Waals surface area contributed by atoms with Crippen molar-refractivity contribution in [2.24, 2.45) is 5.92 Å². The van der Waals surface area contributed by atoms with Gasteiger partial charge < -0.3 is 5.32 Å². The molecule has 0 atom stereocenters. The maximum atomic E-state index is 11.4. The minimum Gasteiger partial charge on any atom is -0.314 e. The summed E-state index contributed by atoms with van der Waals surface area (Å²) in [5.74, 6) is 0.843. The molecular formula is C14H28N2O2S. The van der Waals surface area contributed by atoms with E-state index in [1.165, 1.54) is 44.8 Å². The third-order valence-electron chi connectivity index (χ3n) is 4.59. The average molecular weight is 288 g/mol. The van der Waals surface area contributed by atoms with Crippen molar-refractivity contribution in [2.45, 2.75) is 57.4 Å². The molecule has 4 nitrogen and oxygen atoms in total. The van der Waals surface area contributed by atoms with Crippen LogP contribution >= 0.6 is 0 Å². The Morgan fingerprint density at radius 3 is 2.11 bits per heavy atom. The average Bonchev–Trinajstić information content (AvgIpc) is 2.64. The molecule has 0 aromatic carbocycles. The van der Waals surface area contributed by atoms with E-state index in [9.17, 15) is 8.42 Å². The fourth-order valence-corrected chi connectivity index (χ4v) is 4.17. The Labute approximate surface area is 118 Å². The van der Waals surface area contributed by atoms with Gasteiger partial charge >= 0.3 is 0 Å². The number of hydrogen-bond donors (Lipinski definition) is 1.